The van der Waals surface area contributed by atoms with Crippen LogP contribution in [-0.2, 0) is 16.1 Å². The lowest BCUT2D eigenvalue weighted by atomic mass is 9.85. The van der Waals surface area contributed by atoms with E-state index in [1.54, 1.807) is 37.2 Å². The molecule has 0 bridgehead atoms. The maximum atomic E-state index is 12.9. The highest BCUT2D eigenvalue weighted by Gasteiger charge is 2.57. The van der Waals surface area contributed by atoms with Crippen LogP contribution in [0.5, 0.6) is 0 Å². The standard InChI is InChI=1S/C15H20N4O2/c1-14(2)12(20)18-15(3,10-5-6-10)13(21)19(14)9-11-16-7-4-8-17-11/h4,7-8,10H,5-6,9H2,1-3H3,(H,18,20). The molecule has 1 unspecified atom stereocenters. The number of nitrogens with zero attached hydrogens (tertiary/aromatic N) is 3. The molecule has 3 rings (SSSR count). The highest BCUT2D eigenvalue weighted by atomic mass is 16.2. The average molecular weight is 288 g/mol. The molecule has 1 aromatic heterocycles. The van der Waals surface area contributed by atoms with Gasteiger partial charge < -0.3 is 10.2 Å². The number of aromatic nitrogens is 2. The van der Waals surface area contributed by atoms with Crippen molar-refractivity contribution in [1.82, 2.24) is 20.2 Å². The van der Waals surface area contributed by atoms with Crippen LogP contribution in [0.2, 0.25) is 0 Å². The molecule has 2 amide bonds. The minimum absolute atomic E-state index is 0.0398. The van der Waals surface area contributed by atoms with E-state index in [-0.39, 0.29) is 24.3 Å². The van der Waals surface area contributed by atoms with E-state index in [2.05, 4.69) is 15.3 Å². The van der Waals surface area contributed by atoms with Gasteiger partial charge in [0.15, 0.2) is 0 Å². The molecule has 6 nitrogen and oxygen atoms in total. The highest BCUT2D eigenvalue weighted by molar-refractivity contribution is 6.02. The van der Waals surface area contributed by atoms with Crippen LogP contribution in [0.3, 0.4) is 0 Å². The zero-order valence-electron chi connectivity index (χ0n) is 12.6. The van der Waals surface area contributed by atoms with Gasteiger partial charge in [-0.3, -0.25) is 9.59 Å². The first-order chi connectivity index (χ1) is 9.85. The first kappa shape index (κ1) is 14.0. The van der Waals surface area contributed by atoms with Gasteiger partial charge in [-0.25, -0.2) is 9.97 Å². The first-order valence-corrected chi connectivity index (χ1v) is 7.26. The number of piperazine rings is 1. The molecule has 6 heteroatoms. The summed E-state index contributed by atoms with van der Waals surface area (Å²) >= 11 is 0. The van der Waals surface area contributed by atoms with Crippen LogP contribution in [0.15, 0.2) is 18.5 Å². The fourth-order valence-corrected chi connectivity index (χ4v) is 2.86. The van der Waals surface area contributed by atoms with Crippen LogP contribution in [0, 0.1) is 5.92 Å². The number of amides is 2. The van der Waals surface area contributed by atoms with Crippen LogP contribution in [0.1, 0.15) is 39.4 Å². The molecular formula is C15H20N4O2. The Bertz CT molecular complexity index is 583. The zero-order chi connectivity index (χ0) is 15.3. The SMILES string of the molecule is CC1(C2CC2)NC(=O)C(C)(C)N(Cc2ncccn2)C1=O. The molecular weight excluding hydrogens is 268 g/mol. The van der Waals surface area contributed by atoms with Crippen molar-refractivity contribution in [3.05, 3.63) is 24.3 Å². The summed E-state index contributed by atoms with van der Waals surface area (Å²) in [6, 6.07) is 1.73. The summed E-state index contributed by atoms with van der Waals surface area (Å²) in [6.45, 7) is 5.60. The summed E-state index contributed by atoms with van der Waals surface area (Å²) in [5.41, 5.74) is -1.69. The summed E-state index contributed by atoms with van der Waals surface area (Å²) in [5.74, 6) is 0.630. The number of nitrogens with one attached hydrogen (secondary N) is 1. The molecule has 1 aromatic rings. The number of carbonyl (C=O) groups excluding carboxylic acids is 2. The Hall–Kier alpha value is -1.98. The molecule has 1 atom stereocenters. The van der Waals surface area contributed by atoms with E-state index in [4.69, 9.17) is 0 Å². The lowest BCUT2D eigenvalue weighted by molar-refractivity contribution is -0.162. The highest BCUT2D eigenvalue weighted by Crippen LogP contribution is 2.43. The van der Waals surface area contributed by atoms with Crippen molar-refractivity contribution in [2.24, 2.45) is 5.92 Å². The molecule has 1 aliphatic heterocycles. The van der Waals surface area contributed by atoms with Gasteiger partial charge in [0.2, 0.25) is 11.8 Å². The van der Waals surface area contributed by atoms with E-state index >= 15 is 0 Å². The van der Waals surface area contributed by atoms with Crippen molar-refractivity contribution in [2.75, 3.05) is 0 Å². The Kier molecular flexibility index (Phi) is 3.00. The van der Waals surface area contributed by atoms with Crippen LogP contribution in [0.25, 0.3) is 0 Å². The van der Waals surface area contributed by atoms with Gasteiger partial charge in [0.05, 0.1) is 6.54 Å². The van der Waals surface area contributed by atoms with Crippen LogP contribution < -0.4 is 5.32 Å². The smallest absolute Gasteiger partial charge is 0.249 e. The minimum atomic E-state index is -0.898. The van der Waals surface area contributed by atoms with Crippen molar-refractivity contribution in [3.63, 3.8) is 0 Å². The maximum absolute atomic E-state index is 12.9. The molecule has 0 aromatic carbocycles. The summed E-state index contributed by atoms with van der Waals surface area (Å²) < 4.78 is 0. The van der Waals surface area contributed by atoms with Gasteiger partial charge in [-0.1, -0.05) is 0 Å². The van der Waals surface area contributed by atoms with E-state index in [0.717, 1.165) is 12.8 Å². The molecule has 1 saturated heterocycles. The Balaban J connectivity index is 1.94. The van der Waals surface area contributed by atoms with Crippen molar-refractivity contribution < 1.29 is 9.59 Å². The second kappa shape index (κ2) is 4.51. The Labute approximate surface area is 124 Å². The van der Waals surface area contributed by atoms with Crippen LogP contribution in [0.4, 0.5) is 0 Å². The third-order valence-corrected chi connectivity index (χ3v) is 4.61. The molecule has 2 heterocycles. The molecule has 112 valence electrons. The van der Waals surface area contributed by atoms with Gasteiger partial charge in [-0.15, -0.1) is 0 Å². The lowest BCUT2D eigenvalue weighted by Gasteiger charge is -2.48. The van der Waals surface area contributed by atoms with Gasteiger partial charge in [0.25, 0.3) is 0 Å². The molecule has 1 saturated carbocycles. The average Bonchev–Trinajstić information content (AvgIpc) is 3.28. The van der Waals surface area contributed by atoms with E-state index in [0.29, 0.717) is 5.82 Å². The number of hydrogen-bond donors (Lipinski definition) is 1. The van der Waals surface area contributed by atoms with Crippen LogP contribution in [-0.4, -0.2) is 37.8 Å². The quantitative estimate of drug-likeness (QED) is 0.896. The summed E-state index contributed by atoms with van der Waals surface area (Å²) in [4.78, 5) is 35.4. The van der Waals surface area contributed by atoms with Gasteiger partial charge in [-0.05, 0) is 45.6 Å². The second-order valence-electron chi connectivity index (χ2n) is 6.55. The maximum Gasteiger partial charge on any atom is 0.249 e. The van der Waals surface area contributed by atoms with E-state index in [1.807, 2.05) is 6.92 Å². The molecule has 2 fully saturated rings. The molecule has 1 N–H and O–H groups in total. The minimum Gasteiger partial charge on any atom is -0.340 e. The third-order valence-electron chi connectivity index (χ3n) is 4.61. The van der Waals surface area contributed by atoms with E-state index in [1.165, 1.54) is 0 Å². The Morgan fingerprint density at radius 3 is 2.43 bits per heavy atom. The van der Waals surface area contributed by atoms with E-state index < -0.39 is 11.1 Å². The lowest BCUT2D eigenvalue weighted by Crippen LogP contribution is -2.73. The van der Waals surface area contributed by atoms with Gasteiger partial charge >= 0.3 is 0 Å². The normalized spacial score (nSPS) is 28.4. The Morgan fingerprint density at radius 2 is 1.86 bits per heavy atom. The predicted octanol–water partition coefficient (Wildman–Crippen LogP) is 0.882. The Morgan fingerprint density at radius 1 is 1.24 bits per heavy atom. The van der Waals surface area contributed by atoms with Crippen molar-refractivity contribution >= 4 is 11.8 Å². The zero-order valence-corrected chi connectivity index (χ0v) is 12.6. The van der Waals surface area contributed by atoms with E-state index in [9.17, 15) is 9.59 Å². The summed E-state index contributed by atoms with van der Waals surface area (Å²) in [6.07, 6.45) is 5.26. The van der Waals surface area contributed by atoms with Gasteiger partial charge in [-0.2, -0.15) is 0 Å². The third kappa shape index (κ3) is 2.18. The molecule has 21 heavy (non-hydrogen) atoms. The molecule has 2 aliphatic rings. The number of rotatable bonds is 3. The van der Waals surface area contributed by atoms with Crippen molar-refractivity contribution in [1.29, 1.82) is 0 Å². The topological polar surface area (TPSA) is 75.2 Å². The number of hydrogen-bond acceptors (Lipinski definition) is 4. The predicted molar refractivity (Wildman–Crippen MR) is 75.9 cm³/mol. The fraction of sp³-hybridized carbons (Fsp3) is 0.600. The fourth-order valence-electron chi connectivity index (χ4n) is 2.86. The number of carbonyl (C=O) groups is 2. The summed E-state index contributed by atoms with van der Waals surface area (Å²) in [5, 5.41) is 2.94. The van der Waals surface area contributed by atoms with Crippen molar-refractivity contribution in [2.45, 2.75) is 51.2 Å². The summed E-state index contributed by atoms with van der Waals surface area (Å²) in [7, 11) is 0. The van der Waals surface area contributed by atoms with Crippen LogP contribution >= 0.6 is 0 Å². The largest absolute Gasteiger partial charge is 0.340 e. The second-order valence-corrected chi connectivity index (χ2v) is 6.55. The molecule has 1 aliphatic carbocycles. The molecule has 0 spiro atoms. The van der Waals surface area contributed by atoms with Crippen molar-refractivity contribution in [3.8, 4) is 0 Å². The van der Waals surface area contributed by atoms with Gasteiger partial charge in [0.1, 0.15) is 16.9 Å². The first-order valence-electron chi connectivity index (χ1n) is 7.26. The van der Waals surface area contributed by atoms with Gasteiger partial charge in [0, 0.05) is 12.4 Å². The monoisotopic (exact) mass is 288 g/mol. The molecule has 0 radical (unpaired) electrons.